The topological polar surface area (TPSA) is 266 Å². The normalized spacial score (nSPS) is 25.0. The fourth-order valence-corrected chi connectivity index (χ4v) is 6.16. The second-order valence-corrected chi connectivity index (χ2v) is 11.3. The SMILES string of the molecule is Nc1nc2c(cc(C(F)(F)F)n2[C@H]2C[C@H](O)[C@@H](COP(=O)(O)OP(=O)(O)OP(=O)(O)O)O2)c(=O)[nH]1. The Morgan fingerprint density at radius 3 is 2.40 bits per heavy atom. The lowest BCUT2D eigenvalue weighted by Crippen LogP contribution is -2.26. The van der Waals surface area contributed by atoms with Crippen LogP contribution in [-0.2, 0) is 37.8 Å². The molecule has 1 aliphatic heterocycles. The highest BCUT2D eigenvalue weighted by molar-refractivity contribution is 7.66. The van der Waals surface area contributed by atoms with E-state index in [1.807, 2.05) is 4.98 Å². The molecule has 2 aromatic rings. The van der Waals surface area contributed by atoms with E-state index in [4.69, 9.17) is 25.2 Å². The number of ether oxygens (including phenoxy) is 1. The van der Waals surface area contributed by atoms with Crippen molar-refractivity contribution in [2.24, 2.45) is 0 Å². The molecule has 8 N–H and O–H groups in total. The summed E-state index contributed by atoms with van der Waals surface area (Å²) in [5, 5.41) is 9.66. The number of halogens is 3. The molecule has 2 unspecified atom stereocenters. The van der Waals surface area contributed by atoms with Gasteiger partial charge in [-0.05, 0) is 6.07 Å². The maximum atomic E-state index is 13.6. The molecule has 1 fully saturated rings. The standard InChI is InChI=1S/C12H16F3N4O13P3/c13-12(14,15)7-1-4-9(17-11(16)18-10(4)21)19(7)8-2-5(20)6(30-8)3-29-34(25,26)32-35(27,28)31-33(22,23)24/h1,5-6,8,20H,2-3H2,(H,25,26)(H,27,28)(H2,22,23,24)(H3,16,17,18,21)/t5-,6+,8+/m0/s1. The number of nitrogens with one attached hydrogen (secondary N) is 1. The number of hydrogen-bond acceptors (Lipinski definition) is 11. The third-order valence-electron chi connectivity index (χ3n) is 4.32. The average molecular weight is 574 g/mol. The van der Waals surface area contributed by atoms with Crippen LogP contribution < -0.4 is 11.3 Å². The largest absolute Gasteiger partial charge is 0.490 e. The van der Waals surface area contributed by atoms with Crippen LogP contribution in [0, 0.1) is 0 Å². The number of aromatic amines is 1. The van der Waals surface area contributed by atoms with Crippen molar-refractivity contribution in [1.29, 1.82) is 0 Å². The molecule has 17 nitrogen and oxygen atoms in total. The molecule has 2 aromatic heterocycles. The zero-order valence-corrected chi connectivity index (χ0v) is 19.4. The predicted octanol–water partition coefficient (Wildman–Crippen LogP) is 0.317. The molecular weight excluding hydrogens is 558 g/mol. The fourth-order valence-electron chi connectivity index (χ4n) is 3.13. The third-order valence-corrected chi connectivity index (χ3v) is 8.13. The van der Waals surface area contributed by atoms with Crippen molar-refractivity contribution < 1.29 is 69.4 Å². The Morgan fingerprint density at radius 1 is 1.20 bits per heavy atom. The van der Waals surface area contributed by atoms with Crippen molar-refractivity contribution in [2.75, 3.05) is 12.3 Å². The molecule has 1 saturated heterocycles. The number of hydrogen-bond donors (Lipinski definition) is 7. The summed E-state index contributed by atoms with van der Waals surface area (Å²) in [6, 6.07) is 0.482. The molecule has 5 atom stereocenters. The number of nitrogen functional groups attached to an aromatic ring is 1. The van der Waals surface area contributed by atoms with Crippen molar-refractivity contribution in [3.8, 4) is 0 Å². The van der Waals surface area contributed by atoms with Gasteiger partial charge in [-0.3, -0.25) is 18.9 Å². The van der Waals surface area contributed by atoms with Crippen LogP contribution in [0.5, 0.6) is 0 Å². The lowest BCUT2D eigenvalue weighted by Gasteiger charge is -2.20. The summed E-state index contributed by atoms with van der Waals surface area (Å²) < 4.78 is 91.7. The van der Waals surface area contributed by atoms with Gasteiger partial charge in [-0.25, -0.2) is 13.7 Å². The van der Waals surface area contributed by atoms with Crippen molar-refractivity contribution >= 4 is 40.4 Å². The lowest BCUT2D eigenvalue weighted by molar-refractivity contribution is -0.148. The van der Waals surface area contributed by atoms with Crippen LogP contribution in [0.1, 0.15) is 18.3 Å². The lowest BCUT2D eigenvalue weighted by atomic mass is 10.2. The van der Waals surface area contributed by atoms with E-state index in [0.717, 1.165) is 0 Å². The van der Waals surface area contributed by atoms with Crippen LogP contribution in [0.2, 0.25) is 0 Å². The van der Waals surface area contributed by atoms with Gasteiger partial charge >= 0.3 is 29.6 Å². The number of aliphatic hydroxyl groups excluding tert-OH is 1. The Balaban J connectivity index is 1.82. The zero-order valence-electron chi connectivity index (χ0n) is 16.7. The first-order valence-electron chi connectivity index (χ1n) is 8.88. The first-order valence-corrected chi connectivity index (χ1v) is 13.4. The van der Waals surface area contributed by atoms with Gasteiger partial charge in [0.05, 0.1) is 18.1 Å². The van der Waals surface area contributed by atoms with E-state index in [2.05, 4.69) is 18.1 Å². The average Bonchev–Trinajstić information content (AvgIpc) is 3.17. The van der Waals surface area contributed by atoms with Gasteiger partial charge in [0, 0.05) is 6.42 Å². The van der Waals surface area contributed by atoms with E-state index in [9.17, 15) is 41.7 Å². The molecule has 0 aliphatic carbocycles. The van der Waals surface area contributed by atoms with Crippen molar-refractivity contribution in [1.82, 2.24) is 14.5 Å². The van der Waals surface area contributed by atoms with E-state index in [1.54, 1.807) is 0 Å². The highest BCUT2D eigenvalue weighted by Gasteiger charge is 2.45. The van der Waals surface area contributed by atoms with E-state index < -0.39 is 89.3 Å². The molecule has 35 heavy (non-hydrogen) atoms. The Hall–Kier alpha value is -1.66. The van der Waals surface area contributed by atoms with Gasteiger partial charge < -0.3 is 35.2 Å². The molecule has 3 rings (SSSR count). The van der Waals surface area contributed by atoms with Gasteiger partial charge in [-0.15, -0.1) is 0 Å². The van der Waals surface area contributed by atoms with Gasteiger partial charge in [0.2, 0.25) is 5.95 Å². The number of alkyl halides is 3. The summed E-state index contributed by atoms with van der Waals surface area (Å²) in [4.78, 5) is 53.3. The third kappa shape index (κ3) is 6.76. The molecule has 0 bridgehead atoms. The predicted molar refractivity (Wildman–Crippen MR) is 104 cm³/mol. The Kier molecular flexibility index (Phi) is 7.44. The first kappa shape index (κ1) is 27.9. The van der Waals surface area contributed by atoms with Gasteiger partial charge in [0.1, 0.15) is 18.0 Å². The number of aromatic nitrogens is 3. The first-order chi connectivity index (χ1) is 15.8. The van der Waals surface area contributed by atoms with Gasteiger partial charge in [-0.1, -0.05) is 0 Å². The van der Waals surface area contributed by atoms with E-state index in [-0.39, 0.29) is 0 Å². The van der Waals surface area contributed by atoms with Gasteiger partial charge in [-0.2, -0.15) is 26.8 Å². The molecule has 3 heterocycles. The molecule has 0 saturated carbocycles. The second kappa shape index (κ2) is 9.33. The molecule has 1 aliphatic rings. The van der Waals surface area contributed by atoms with Gasteiger partial charge in [0.15, 0.2) is 5.65 Å². The zero-order chi connectivity index (χ0) is 26.6. The Morgan fingerprint density at radius 2 is 1.83 bits per heavy atom. The Labute approximate surface area is 190 Å². The minimum atomic E-state index is -5.81. The maximum absolute atomic E-state index is 13.6. The quantitative estimate of drug-likeness (QED) is 0.209. The fraction of sp³-hybridized carbons (Fsp3) is 0.500. The molecule has 0 aromatic carbocycles. The summed E-state index contributed by atoms with van der Waals surface area (Å²) in [5.74, 6) is -0.515. The number of nitrogens with zero attached hydrogens (tertiary/aromatic N) is 2. The van der Waals surface area contributed by atoms with E-state index >= 15 is 0 Å². The summed E-state index contributed by atoms with van der Waals surface area (Å²) in [6.07, 6.45) is -10.5. The summed E-state index contributed by atoms with van der Waals surface area (Å²) in [5.41, 5.74) is 2.49. The molecular formula is C12H16F3N4O13P3. The number of phosphoric ester groups is 1. The summed E-state index contributed by atoms with van der Waals surface area (Å²) in [6.45, 7) is -1.11. The van der Waals surface area contributed by atoms with Crippen LogP contribution in [0.4, 0.5) is 19.1 Å². The molecule has 0 amide bonds. The number of phosphoric acid groups is 3. The summed E-state index contributed by atoms with van der Waals surface area (Å²) in [7, 11) is -17.0. The highest BCUT2D eigenvalue weighted by atomic mass is 31.3. The molecule has 23 heteroatoms. The smallest absolute Gasteiger partial charge is 0.390 e. The number of rotatable bonds is 8. The van der Waals surface area contributed by atoms with Crippen LogP contribution in [-0.4, -0.2) is 58.0 Å². The maximum Gasteiger partial charge on any atom is 0.490 e. The minimum absolute atomic E-state index is 0.439. The minimum Gasteiger partial charge on any atom is -0.390 e. The van der Waals surface area contributed by atoms with Crippen LogP contribution in [0.15, 0.2) is 10.9 Å². The second-order valence-electron chi connectivity index (χ2n) is 6.90. The van der Waals surface area contributed by atoms with Crippen LogP contribution >= 0.6 is 23.5 Å². The van der Waals surface area contributed by atoms with Gasteiger partial charge in [0.25, 0.3) is 5.56 Å². The molecule has 198 valence electrons. The van der Waals surface area contributed by atoms with E-state index in [1.165, 1.54) is 0 Å². The number of fused-ring (bicyclic) bond motifs is 1. The Bertz CT molecular complexity index is 1320. The number of H-pyrrole nitrogens is 1. The number of aliphatic hydroxyl groups is 1. The number of anilines is 1. The highest BCUT2D eigenvalue weighted by Crippen LogP contribution is 2.66. The monoisotopic (exact) mass is 574 g/mol. The van der Waals surface area contributed by atoms with Crippen LogP contribution in [0.25, 0.3) is 11.0 Å². The van der Waals surface area contributed by atoms with E-state index in [0.29, 0.717) is 10.6 Å². The molecule has 0 spiro atoms. The van der Waals surface area contributed by atoms with Crippen molar-refractivity contribution in [3.05, 3.63) is 22.1 Å². The van der Waals surface area contributed by atoms with Crippen molar-refractivity contribution in [2.45, 2.75) is 31.0 Å². The summed E-state index contributed by atoms with van der Waals surface area (Å²) >= 11 is 0. The van der Waals surface area contributed by atoms with Crippen LogP contribution in [0.3, 0.4) is 0 Å². The van der Waals surface area contributed by atoms with Crippen molar-refractivity contribution in [3.63, 3.8) is 0 Å². The molecule has 0 radical (unpaired) electrons. The number of nitrogens with two attached hydrogens (primary N) is 1.